The molecule has 0 rings (SSSR count). The summed E-state index contributed by atoms with van der Waals surface area (Å²) in [5, 5.41) is 0. The van der Waals surface area contributed by atoms with Crippen LogP contribution in [-0.4, -0.2) is 18.4 Å². The zero-order chi connectivity index (χ0) is 12.9. The maximum absolute atomic E-state index is 11.6. The highest BCUT2D eigenvalue weighted by atomic mass is 16.5. The van der Waals surface area contributed by atoms with Crippen molar-refractivity contribution >= 4 is 11.8 Å². The Labute approximate surface area is 97.9 Å². The third-order valence-corrected chi connectivity index (χ3v) is 2.93. The van der Waals surface area contributed by atoms with Gasteiger partial charge in [-0.3, -0.25) is 9.59 Å². The van der Waals surface area contributed by atoms with E-state index >= 15 is 0 Å². The van der Waals surface area contributed by atoms with Crippen LogP contribution in [0.1, 0.15) is 41.0 Å². The second-order valence-corrected chi connectivity index (χ2v) is 4.78. The fourth-order valence-corrected chi connectivity index (χ4v) is 1.32. The molecule has 0 aromatic rings. The summed E-state index contributed by atoms with van der Waals surface area (Å²) < 4.78 is 4.90. The average Bonchev–Trinajstić information content (AvgIpc) is 2.13. The Morgan fingerprint density at radius 2 is 1.81 bits per heavy atom. The van der Waals surface area contributed by atoms with Gasteiger partial charge in [-0.15, -0.1) is 0 Å². The van der Waals surface area contributed by atoms with Gasteiger partial charge in [-0.2, -0.15) is 0 Å². The third-order valence-electron chi connectivity index (χ3n) is 2.93. The maximum Gasteiger partial charge on any atom is 0.316 e. The Bertz CT molecular complexity index is 290. The van der Waals surface area contributed by atoms with Crippen molar-refractivity contribution in [3.8, 4) is 0 Å². The largest absolute Gasteiger partial charge is 0.465 e. The minimum Gasteiger partial charge on any atom is -0.465 e. The van der Waals surface area contributed by atoms with Gasteiger partial charge in [0.25, 0.3) is 0 Å². The van der Waals surface area contributed by atoms with Crippen LogP contribution in [0.15, 0.2) is 12.2 Å². The summed E-state index contributed by atoms with van der Waals surface area (Å²) in [7, 11) is 0. The first-order valence-corrected chi connectivity index (χ1v) is 5.55. The van der Waals surface area contributed by atoms with Gasteiger partial charge >= 0.3 is 5.97 Å². The molecule has 0 aromatic heterocycles. The van der Waals surface area contributed by atoms with E-state index < -0.39 is 11.9 Å². The van der Waals surface area contributed by atoms with Gasteiger partial charge in [0.1, 0.15) is 11.7 Å². The van der Waals surface area contributed by atoms with E-state index in [1.807, 2.05) is 20.8 Å². The Morgan fingerprint density at radius 1 is 1.31 bits per heavy atom. The van der Waals surface area contributed by atoms with Crippen LogP contribution in [0.4, 0.5) is 0 Å². The van der Waals surface area contributed by atoms with E-state index in [1.54, 1.807) is 6.92 Å². The van der Waals surface area contributed by atoms with Crippen molar-refractivity contribution in [1.29, 1.82) is 0 Å². The zero-order valence-corrected chi connectivity index (χ0v) is 10.9. The Balaban J connectivity index is 4.77. The number of carbonyl (C=O) groups is 2. The fourth-order valence-electron chi connectivity index (χ4n) is 1.32. The number of carbonyl (C=O) groups excluding carboxylic acids is 2. The van der Waals surface area contributed by atoms with Crippen LogP contribution in [0.2, 0.25) is 0 Å². The average molecular weight is 226 g/mol. The lowest BCUT2D eigenvalue weighted by Crippen LogP contribution is -2.30. The molecule has 0 saturated carbocycles. The summed E-state index contributed by atoms with van der Waals surface area (Å²) in [5.41, 5.74) is 0.728. The number of rotatable bonds is 6. The van der Waals surface area contributed by atoms with Crippen LogP contribution < -0.4 is 0 Å². The standard InChI is InChI=1S/C13H22O3/c1-7-16-12(15)11(10(4)14)8-13(5,6)9(2)3/h11H,2,7-8H2,1,3-6H3. The van der Waals surface area contributed by atoms with Gasteiger partial charge in [0.15, 0.2) is 0 Å². The van der Waals surface area contributed by atoms with Crippen LogP contribution in [0.5, 0.6) is 0 Å². The molecule has 0 heterocycles. The van der Waals surface area contributed by atoms with Gasteiger partial charge in [-0.05, 0) is 32.6 Å². The first-order chi connectivity index (χ1) is 7.22. The summed E-state index contributed by atoms with van der Waals surface area (Å²) in [6.45, 7) is 13.2. The molecule has 0 radical (unpaired) electrons. The minimum absolute atomic E-state index is 0.146. The molecule has 16 heavy (non-hydrogen) atoms. The lowest BCUT2D eigenvalue weighted by molar-refractivity contribution is -0.152. The van der Waals surface area contributed by atoms with Crippen LogP contribution in [0.3, 0.4) is 0 Å². The number of Topliss-reactive ketones (excluding diaryl/α,β-unsaturated/α-hetero) is 1. The van der Waals surface area contributed by atoms with E-state index in [0.717, 1.165) is 5.57 Å². The van der Waals surface area contributed by atoms with Crippen molar-refractivity contribution in [2.24, 2.45) is 11.3 Å². The zero-order valence-electron chi connectivity index (χ0n) is 10.9. The van der Waals surface area contributed by atoms with E-state index in [4.69, 9.17) is 4.74 Å². The van der Waals surface area contributed by atoms with E-state index in [0.29, 0.717) is 13.0 Å². The molecule has 0 saturated heterocycles. The van der Waals surface area contributed by atoms with E-state index in [-0.39, 0.29) is 11.2 Å². The SMILES string of the molecule is C=C(C)C(C)(C)CC(C(C)=O)C(=O)OCC. The van der Waals surface area contributed by atoms with Gasteiger partial charge < -0.3 is 4.74 Å². The predicted molar refractivity (Wildman–Crippen MR) is 64.0 cm³/mol. The second-order valence-electron chi connectivity index (χ2n) is 4.78. The Morgan fingerprint density at radius 3 is 2.12 bits per heavy atom. The molecular formula is C13H22O3. The molecule has 0 bridgehead atoms. The van der Waals surface area contributed by atoms with Crippen LogP contribution in [0, 0.1) is 11.3 Å². The van der Waals surface area contributed by atoms with Gasteiger partial charge in [0.05, 0.1) is 6.61 Å². The first kappa shape index (κ1) is 14.9. The molecule has 0 fully saturated rings. The number of allylic oxidation sites excluding steroid dienone is 1. The van der Waals surface area contributed by atoms with Gasteiger partial charge in [-0.1, -0.05) is 26.0 Å². The Hall–Kier alpha value is -1.12. The molecule has 1 unspecified atom stereocenters. The molecule has 0 aromatic carbocycles. The molecule has 3 heteroatoms. The van der Waals surface area contributed by atoms with Crippen molar-refractivity contribution < 1.29 is 14.3 Å². The first-order valence-electron chi connectivity index (χ1n) is 5.55. The van der Waals surface area contributed by atoms with Crippen LogP contribution in [-0.2, 0) is 14.3 Å². The van der Waals surface area contributed by atoms with Crippen LogP contribution >= 0.6 is 0 Å². The molecule has 3 nitrogen and oxygen atoms in total. The molecule has 0 aliphatic heterocycles. The summed E-state index contributed by atoms with van der Waals surface area (Å²) in [5.74, 6) is -1.25. The summed E-state index contributed by atoms with van der Waals surface area (Å²) in [6.07, 6.45) is 0.455. The third kappa shape index (κ3) is 4.17. The highest BCUT2D eigenvalue weighted by Crippen LogP contribution is 2.33. The number of ketones is 1. The number of hydrogen-bond donors (Lipinski definition) is 0. The summed E-state index contributed by atoms with van der Waals surface area (Å²) in [4.78, 5) is 23.0. The normalized spacial score (nSPS) is 13.1. The molecule has 92 valence electrons. The predicted octanol–water partition coefficient (Wildman–Crippen LogP) is 2.75. The second kappa shape index (κ2) is 5.83. The van der Waals surface area contributed by atoms with Crippen molar-refractivity contribution in [3.63, 3.8) is 0 Å². The lowest BCUT2D eigenvalue weighted by atomic mass is 9.77. The number of ether oxygens (including phenoxy) is 1. The molecule has 0 aliphatic rings. The fraction of sp³-hybridized carbons (Fsp3) is 0.692. The highest BCUT2D eigenvalue weighted by Gasteiger charge is 2.32. The molecular weight excluding hydrogens is 204 g/mol. The maximum atomic E-state index is 11.6. The Kier molecular flexibility index (Phi) is 5.42. The topological polar surface area (TPSA) is 43.4 Å². The number of hydrogen-bond acceptors (Lipinski definition) is 3. The molecule has 0 spiro atoms. The van der Waals surface area contributed by atoms with Gasteiger partial charge in [0.2, 0.25) is 0 Å². The molecule has 0 aliphatic carbocycles. The van der Waals surface area contributed by atoms with Crippen molar-refractivity contribution in [2.45, 2.75) is 41.0 Å². The van der Waals surface area contributed by atoms with Crippen molar-refractivity contribution in [2.75, 3.05) is 6.61 Å². The summed E-state index contributed by atoms with van der Waals surface area (Å²) in [6, 6.07) is 0. The van der Waals surface area contributed by atoms with E-state index in [1.165, 1.54) is 6.92 Å². The van der Waals surface area contributed by atoms with Crippen molar-refractivity contribution in [3.05, 3.63) is 12.2 Å². The van der Waals surface area contributed by atoms with Gasteiger partial charge in [-0.25, -0.2) is 0 Å². The number of esters is 1. The van der Waals surface area contributed by atoms with E-state index in [2.05, 4.69) is 6.58 Å². The highest BCUT2D eigenvalue weighted by molar-refractivity contribution is 5.97. The van der Waals surface area contributed by atoms with Crippen molar-refractivity contribution in [1.82, 2.24) is 0 Å². The summed E-state index contributed by atoms with van der Waals surface area (Å²) >= 11 is 0. The molecule has 1 atom stereocenters. The van der Waals surface area contributed by atoms with E-state index in [9.17, 15) is 9.59 Å². The smallest absolute Gasteiger partial charge is 0.316 e. The quantitative estimate of drug-likeness (QED) is 0.397. The lowest BCUT2D eigenvalue weighted by Gasteiger charge is -2.28. The van der Waals surface area contributed by atoms with Gasteiger partial charge in [0, 0.05) is 0 Å². The minimum atomic E-state index is -0.674. The molecule has 0 amide bonds. The monoisotopic (exact) mass is 226 g/mol. The van der Waals surface area contributed by atoms with Crippen LogP contribution in [0.25, 0.3) is 0 Å². The molecule has 0 N–H and O–H groups in total.